The maximum Gasteiger partial charge on any atom is 0.165 e. The van der Waals surface area contributed by atoms with Gasteiger partial charge in [0.15, 0.2) is 11.9 Å². The SMILES string of the molecule is CC(C)N(CCCCCC(=O)Cc1ccc(C(C)(C)C)cc1)C[C@H]1O[C@@H](n2cnc3c(N)ccnc32)[C@H](O)[C@@H]1O. The fourth-order valence-electron chi connectivity index (χ4n) is 5.29. The Hall–Kier alpha value is -2.85. The number of fused-ring (bicyclic) bond motifs is 1. The number of nitrogens with two attached hydrogens (primary N) is 1. The number of Topliss-reactive ketones (excluding diaryl/α,β-unsaturated/α-hetero) is 1. The monoisotopic (exact) mass is 551 g/mol. The molecular weight excluding hydrogens is 506 g/mol. The Morgan fingerprint density at radius 3 is 2.48 bits per heavy atom. The molecule has 0 aliphatic carbocycles. The van der Waals surface area contributed by atoms with Gasteiger partial charge in [0.1, 0.15) is 29.6 Å². The number of carbonyl (C=O) groups is 1. The highest BCUT2D eigenvalue weighted by Gasteiger charge is 2.45. The Bertz CT molecular complexity index is 1270. The van der Waals surface area contributed by atoms with Crippen molar-refractivity contribution in [2.75, 3.05) is 18.8 Å². The number of ether oxygens (including phenoxy) is 1. The number of aromatic nitrogens is 3. The largest absolute Gasteiger partial charge is 0.397 e. The van der Waals surface area contributed by atoms with Crippen molar-refractivity contribution in [2.45, 2.75) is 103 Å². The molecule has 1 aromatic carbocycles. The van der Waals surface area contributed by atoms with Crippen molar-refractivity contribution in [1.29, 1.82) is 0 Å². The number of benzene rings is 1. The van der Waals surface area contributed by atoms with E-state index in [1.165, 1.54) is 5.56 Å². The third-order valence-corrected chi connectivity index (χ3v) is 7.87. The zero-order valence-electron chi connectivity index (χ0n) is 24.5. The lowest BCUT2D eigenvalue weighted by Crippen LogP contribution is -2.43. The number of anilines is 1. The van der Waals surface area contributed by atoms with Gasteiger partial charge in [-0.2, -0.15) is 0 Å². The quantitative estimate of drug-likeness (QED) is 0.288. The van der Waals surface area contributed by atoms with Crippen LogP contribution in [0.25, 0.3) is 11.2 Å². The van der Waals surface area contributed by atoms with Crippen LogP contribution in [-0.4, -0.2) is 72.9 Å². The van der Waals surface area contributed by atoms with Gasteiger partial charge in [0.2, 0.25) is 0 Å². The van der Waals surface area contributed by atoms with Crippen LogP contribution in [0.1, 0.15) is 77.7 Å². The Morgan fingerprint density at radius 2 is 1.80 bits per heavy atom. The second-order valence-electron chi connectivity index (χ2n) is 12.3. The van der Waals surface area contributed by atoms with Crippen molar-refractivity contribution >= 4 is 22.6 Å². The molecular formula is C31H45N5O4. The number of ketones is 1. The zero-order valence-corrected chi connectivity index (χ0v) is 24.5. The first-order chi connectivity index (χ1) is 19.0. The number of aliphatic hydroxyl groups is 2. The second kappa shape index (κ2) is 12.8. The molecule has 2 aromatic heterocycles. The maximum absolute atomic E-state index is 12.5. The summed E-state index contributed by atoms with van der Waals surface area (Å²) in [7, 11) is 0. The number of hydrogen-bond acceptors (Lipinski definition) is 8. The Labute approximate surface area is 237 Å². The summed E-state index contributed by atoms with van der Waals surface area (Å²) in [5, 5.41) is 21.6. The number of hydrogen-bond donors (Lipinski definition) is 3. The van der Waals surface area contributed by atoms with Crippen LogP contribution in [-0.2, 0) is 21.4 Å². The van der Waals surface area contributed by atoms with Gasteiger partial charge in [0, 0.05) is 31.6 Å². The molecule has 0 unspecified atom stereocenters. The third-order valence-electron chi connectivity index (χ3n) is 7.87. The topological polar surface area (TPSA) is 127 Å². The molecule has 218 valence electrons. The number of unbranched alkanes of at least 4 members (excludes halogenated alkanes) is 2. The minimum absolute atomic E-state index is 0.108. The van der Waals surface area contributed by atoms with Crippen LogP contribution >= 0.6 is 0 Å². The molecule has 1 aliphatic rings. The van der Waals surface area contributed by atoms with E-state index in [4.69, 9.17) is 10.5 Å². The molecule has 0 spiro atoms. The highest BCUT2D eigenvalue weighted by Crippen LogP contribution is 2.33. The molecule has 1 fully saturated rings. The first-order valence-electron chi connectivity index (χ1n) is 14.4. The highest BCUT2D eigenvalue weighted by molar-refractivity contribution is 5.83. The van der Waals surface area contributed by atoms with E-state index in [2.05, 4.69) is 73.8 Å². The average molecular weight is 552 g/mol. The van der Waals surface area contributed by atoms with Crippen molar-refractivity contribution in [3.05, 3.63) is 54.0 Å². The van der Waals surface area contributed by atoms with Gasteiger partial charge in [0.25, 0.3) is 0 Å². The molecule has 40 heavy (non-hydrogen) atoms. The molecule has 4 N–H and O–H groups in total. The van der Waals surface area contributed by atoms with Gasteiger partial charge < -0.3 is 20.7 Å². The molecule has 0 amide bonds. The van der Waals surface area contributed by atoms with E-state index >= 15 is 0 Å². The minimum atomic E-state index is -1.12. The summed E-state index contributed by atoms with van der Waals surface area (Å²) in [6.07, 6.45) is 3.42. The van der Waals surface area contributed by atoms with Gasteiger partial charge in [-0.25, -0.2) is 9.97 Å². The number of imidazole rings is 1. The van der Waals surface area contributed by atoms with Crippen LogP contribution in [0.4, 0.5) is 5.69 Å². The predicted molar refractivity (Wildman–Crippen MR) is 157 cm³/mol. The molecule has 9 heteroatoms. The van der Waals surface area contributed by atoms with Crippen molar-refractivity contribution in [3.63, 3.8) is 0 Å². The molecule has 1 aliphatic heterocycles. The number of aliphatic hydroxyl groups excluding tert-OH is 2. The molecule has 0 radical (unpaired) electrons. The van der Waals surface area contributed by atoms with E-state index in [1.54, 1.807) is 23.2 Å². The van der Waals surface area contributed by atoms with Crippen molar-refractivity contribution < 1.29 is 19.7 Å². The number of rotatable bonds is 12. The van der Waals surface area contributed by atoms with E-state index in [-0.39, 0.29) is 17.2 Å². The molecule has 0 bridgehead atoms. The fourth-order valence-corrected chi connectivity index (χ4v) is 5.29. The fraction of sp³-hybridized carbons (Fsp3) is 0.581. The number of pyridine rings is 1. The van der Waals surface area contributed by atoms with Crippen LogP contribution < -0.4 is 5.73 Å². The van der Waals surface area contributed by atoms with E-state index < -0.39 is 24.5 Å². The Morgan fingerprint density at radius 1 is 1.07 bits per heavy atom. The van der Waals surface area contributed by atoms with Crippen LogP contribution in [0.3, 0.4) is 0 Å². The summed E-state index contributed by atoms with van der Waals surface area (Å²) in [5.41, 5.74) is 10.00. The van der Waals surface area contributed by atoms with Gasteiger partial charge >= 0.3 is 0 Å². The lowest BCUT2D eigenvalue weighted by molar-refractivity contribution is -0.118. The summed E-state index contributed by atoms with van der Waals surface area (Å²) >= 11 is 0. The van der Waals surface area contributed by atoms with Gasteiger partial charge in [0.05, 0.1) is 12.0 Å². The standard InChI is InChI=1S/C31H45N5O4/c1-20(2)35(16-8-6-7-9-23(37)17-21-10-12-22(13-11-21)31(3,4)5)18-25-27(38)28(39)30(40-25)36-19-34-26-24(32)14-15-33-29(26)36/h10-15,19-20,25,27-28,30,38-39H,6-9,16-18H2,1-5H3,(H2,32,33)/t25-,27-,28-,30-/m1/s1. The van der Waals surface area contributed by atoms with Crippen LogP contribution in [0, 0.1) is 0 Å². The van der Waals surface area contributed by atoms with Crippen molar-refractivity contribution in [1.82, 2.24) is 19.4 Å². The summed E-state index contributed by atoms with van der Waals surface area (Å²) in [6, 6.07) is 10.3. The second-order valence-corrected chi connectivity index (χ2v) is 12.3. The lowest BCUT2D eigenvalue weighted by atomic mass is 9.86. The molecule has 1 saturated heterocycles. The van der Waals surface area contributed by atoms with E-state index in [0.29, 0.717) is 36.2 Å². The first-order valence-corrected chi connectivity index (χ1v) is 14.4. The van der Waals surface area contributed by atoms with Crippen LogP contribution in [0.15, 0.2) is 42.9 Å². The van der Waals surface area contributed by atoms with Crippen molar-refractivity contribution in [3.8, 4) is 0 Å². The Kier molecular flexibility index (Phi) is 9.61. The van der Waals surface area contributed by atoms with Gasteiger partial charge in [-0.3, -0.25) is 14.3 Å². The van der Waals surface area contributed by atoms with E-state index in [0.717, 1.165) is 31.4 Å². The molecule has 0 saturated carbocycles. The van der Waals surface area contributed by atoms with E-state index in [9.17, 15) is 15.0 Å². The first kappa shape index (κ1) is 30.1. The number of carbonyl (C=O) groups excluding carboxylic acids is 1. The van der Waals surface area contributed by atoms with Gasteiger partial charge in [-0.05, 0) is 55.8 Å². The molecule has 4 atom stereocenters. The van der Waals surface area contributed by atoms with Gasteiger partial charge in [-0.1, -0.05) is 51.5 Å². The maximum atomic E-state index is 12.5. The summed E-state index contributed by atoms with van der Waals surface area (Å²) < 4.78 is 7.79. The van der Waals surface area contributed by atoms with E-state index in [1.807, 2.05) is 0 Å². The minimum Gasteiger partial charge on any atom is -0.397 e. The zero-order chi connectivity index (χ0) is 29.0. The van der Waals surface area contributed by atoms with Crippen LogP contribution in [0.2, 0.25) is 0 Å². The van der Waals surface area contributed by atoms with Crippen LogP contribution in [0.5, 0.6) is 0 Å². The average Bonchev–Trinajstić information content (AvgIpc) is 3.44. The number of nitrogens with zero attached hydrogens (tertiary/aromatic N) is 4. The molecule has 3 aromatic rings. The Balaban J connectivity index is 1.23. The molecule has 9 nitrogen and oxygen atoms in total. The van der Waals surface area contributed by atoms with Gasteiger partial charge in [-0.15, -0.1) is 0 Å². The summed E-state index contributed by atoms with van der Waals surface area (Å²) in [5.74, 6) is 0.273. The third kappa shape index (κ3) is 7.07. The highest BCUT2D eigenvalue weighted by atomic mass is 16.6. The van der Waals surface area contributed by atoms with Crippen molar-refractivity contribution in [2.24, 2.45) is 0 Å². The lowest BCUT2D eigenvalue weighted by Gasteiger charge is -2.30. The summed E-state index contributed by atoms with van der Waals surface area (Å²) in [4.78, 5) is 23.4. The summed E-state index contributed by atoms with van der Waals surface area (Å²) in [6.45, 7) is 12.1. The molecule has 3 heterocycles. The number of nitrogen functional groups attached to an aromatic ring is 1. The normalized spacial score (nSPS) is 21.6. The smallest absolute Gasteiger partial charge is 0.165 e. The molecule has 4 rings (SSSR count). The predicted octanol–water partition coefficient (Wildman–Crippen LogP) is 4.01.